The zero-order valence-corrected chi connectivity index (χ0v) is 14.5. The molecule has 0 bridgehead atoms. The highest BCUT2D eigenvalue weighted by Gasteiger charge is 2.47. The predicted molar refractivity (Wildman–Crippen MR) is 93.6 cm³/mol. The third-order valence-electron chi connectivity index (χ3n) is 5.64. The quantitative estimate of drug-likeness (QED) is 0.844. The van der Waals surface area contributed by atoms with Gasteiger partial charge in [-0.25, -0.2) is 4.39 Å². The molecule has 0 aliphatic carbocycles. The molecule has 0 spiro atoms. The van der Waals surface area contributed by atoms with Gasteiger partial charge in [-0.05, 0) is 37.1 Å². The largest absolute Gasteiger partial charge is 0.338 e. The molecule has 4 rings (SSSR count). The van der Waals surface area contributed by atoms with E-state index in [-0.39, 0.29) is 5.91 Å². The van der Waals surface area contributed by atoms with Crippen molar-refractivity contribution in [3.63, 3.8) is 0 Å². The molecule has 0 N–H and O–H groups in total. The summed E-state index contributed by atoms with van der Waals surface area (Å²) in [7, 11) is 2.16. The first kappa shape index (κ1) is 16.2. The summed E-state index contributed by atoms with van der Waals surface area (Å²) in [5.74, 6) is 0.284. The van der Waals surface area contributed by atoms with Crippen LogP contribution in [0.25, 0.3) is 0 Å². The zero-order valence-electron chi connectivity index (χ0n) is 14.5. The highest BCUT2D eigenvalue weighted by Crippen LogP contribution is 2.45. The van der Waals surface area contributed by atoms with Crippen LogP contribution in [0.4, 0.5) is 4.39 Å². The van der Waals surface area contributed by atoms with Crippen LogP contribution in [-0.2, 0) is 0 Å². The predicted octanol–water partition coefficient (Wildman–Crippen LogP) is 2.90. The van der Waals surface area contributed by atoms with Crippen LogP contribution in [0.3, 0.4) is 0 Å². The fourth-order valence-corrected chi connectivity index (χ4v) is 4.52. The number of carbonyl (C=O) groups is 1. The summed E-state index contributed by atoms with van der Waals surface area (Å²) < 4.78 is 13.4. The molecule has 5 heteroatoms. The molecule has 2 saturated heterocycles. The van der Waals surface area contributed by atoms with Crippen molar-refractivity contribution in [2.45, 2.75) is 13.0 Å². The van der Waals surface area contributed by atoms with Gasteiger partial charge in [-0.3, -0.25) is 14.7 Å². The lowest BCUT2D eigenvalue weighted by atomic mass is 9.88. The first-order chi connectivity index (χ1) is 12.0. The van der Waals surface area contributed by atoms with E-state index >= 15 is 0 Å². The van der Waals surface area contributed by atoms with Crippen LogP contribution in [0.5, 0.6) is 0 Å². The van der Waals surface area contributed by atoms with E-state index in [0.717, 1.165) is 19.3 Å². The second kappa shape index (κ2) is 6.23. The Morgan fingerprint density at radius 2 is 2.00 bits per heavy atom. The van der Waals surface area contributed by atoms with E-state index < -0.39 is 5.82 Å². The molecule has 130 valence electrons. The van der Waals surface area contributed by atoms with Crippen molar-refractivity contribution in [2.24, 2.45) is 11.8 Å². The molecule has 3 atom stereocenters. The van der Waals surface area contributed by atoms with Gasteiger partial charge in [0.25, 0.3) is 5.91 Å². The fourth-order valence-electron chi connectivity index (χ4n) is 4.52. The van der Waals surface area contributed by atoms with E-state index in [1.807, 2.05) is 4.90 Å². The highest BCUT2D eigenvalue weighted by atomic mass is 19.1. The third-order valence-corrected chi connectivity index (χ3v) is 5.64. The first-order valence-electron chi connectivity index (χ1n) is 8.70. The standard InChI is InChI=1S/C20H22FN3O/c1-13-5-3-4-6-17(13)19-18-12-24(11-15(18)10-23(19)2)20(25)14-7-16(21)9-22-8-14/h3-9,15,18-19H,10-12H2,1-2H3/t15-,18+,19+/m0/s1. The summed E-state index contributed by atoms with van der Waals surface area (Å²) in [6, 6.07) is 10.1. The maximum absolute atomic E-state index is 13.4. The number of hydrogen-bond donors (Lipinski definition) is 0. The second-order valence-electron chi connectivity index (χ2n) is 7.27. The highest BCUT2D eigenvalue weighted by molar-refractivity contribution is 5.94. The molecule has 2 aromatic rings. The van der Waals surface area contributed by atoms with Crippen molar-refractivity contribution < 1.29 is 9.18 Å². The maximum Gasteiger partial charge on any atom is 0.255 e. The Kier molecular flexibility index (Phi) is 4.04. The van der Waals surface area contributed by atoms with Crippen LogP contribution < -0.4 is 0 Å². The maximum atomic E-state index is 13.4. The minimum atomic E-state index is -0.470. The third kappa shape index (κ3) is 2.82. The summed E-state index contributed by atoms with van der Waals surface area (Å²) in [6.45, 7) is 4.57. The number of aryl methyl sites for hydroxylation is 1. The normalized spacial score (nSPS) is 26.0. The van der Waals surface area contributed by atoms with Gasteiger partial charge in [0.2, 0.25) is 0 Å². The van der Waals surface area contributed by atoms with Crippen molar-refractivity contribution in [1.29, 1.82) is 0 Å². The van der Waals surface area contributed by atoms with Gasteiger partial charge in [0.1, 0.15) is 5.82 Å². The molecule has 0 saturated carbocycles. The summed E-state index contributed by atoms with van der Waals surface area (Å²) in [5, 5.41) is 0. The first-order valence-corrected chi connectivity index (χ1v) is 8.70. The minimum Gasteiger partial charge on any atom is -0.338 e. The summed E-state index contributed by atoms with van der Waals surface area (Å²) in [6.07, 6.45) is 2.57. The zero-order chi connectivity index (χ0) is 17.6. The van der Waals surface area contributed by atoms with Crippen molar-refractivity contribution in [3.8, 4) is 0 Å². The SMILES string of the molecule is Cc1ccccc1[C@@H]1[C@@H]2CN(C(=O)c3cncc(F)c3)C[C@@H]2CN1C. The van der Waals surface area contributed by atoms with Crippen molar-refractivity contribution in [2.75, 3.05) is 26.7 Å². The molecule has 1 aromatic carbocycles. The minimum absolute atomic E-state index is 0.118. The molecule has 1 amide bonds. The molecule has 2 aliphatic heterocycles. The Morgan fingerprint density at radius 3 is 2.76 bits per heavy atom. The number of carbonyl (C=O) groups excluding carboxylic acids is 1. The van der Waals surface area contributed by atoms with E-state index in [0.29, 0.717) is 30.0 Å². The van der Waals surface area contributed by atoms with Gasteiger partial charge in [0, 0.05) is 37.8 Å². The van der Waals surface area contributed by atoms with Crippen LogP contribution in [0.1, 0.15) is 27.5 Å². The number of rotatable bonds is 2. The topological polar surface area (TPSA) is 36.4 Å². The number of amides is 1. The summed E-state index contributed by atoms with van der Waals surface area (Å²) in [5.41, 5.74) is 2.97. The summed E-state index contributed by atoms with van der Waals surface area (Å²) >= 11 is 0. The van der Waals surface area contributed by atoms with Crippen LogP contribution in [-0.4, -0.2) is 47.4 Å². The van der Waals surface area contributed by atoms with E-state index in [4.69, 9.17) is 0 Å². The van der Waals surface area contributed by atoms with Gasteiger partial charge < -0.3 is 4.90 Å². The van der Waals surface area contributed by atoms with Crippen LogP contribution in [0.2, 0.25) is 0 Å². The Hall–Kier alpha value is -2.27. The Morgan fingerprint density at radius 1 is 1.20 bits per heavy atom. The van der Waals surface area contributed by atoms with Crippen LogP contribution >= 0.6 is 0 Å². The lowest BCUT2D eigenvalue weighted by Crippen LogP contribution is -2.33. The number of nitrogens with zero attached hydrogens (tertiary/aromatic N) is 3. The van der Waals surface area contributed by atoms with E-state index in [1.54, 1.807) is 0 Å². The molecule has 4 nitrogen and oxygen atoms in total. The second-order valence-corrected chi connectivity index (χ2v) is 7.27. The van der Waals surface area contributed by atoms with Gasteiger partial charge in [-0.2, -0.15) is 0 Å². The molecule has 0 unspecified atom stereocenters. The molecular weight excluding hydrogens is 317 g/mol. The average Bonchev–Trinajstić information content (AvgIpc) is 3.12. The molecule has 0 radical (unpaired) electrons. The molecular formula is C20H22FN3O. The monoisotopic (exact) mass is 339 g/mol. The van der Waals surface area contributed by atoms with Gasteiger partial charge in [0.15, 0.2) is 0 Å². The van der Waals surface area contributed by atoms with Gasteiger partial charge in [0.05, 0.1) is 11.8 Å². The molecule has 1 aromatic heterocycles. The van der Waals surface area contributed by atoms with Crippen molar-refractivity contribution in [1.82, 2.24) is 14.8 Å². The average molecular weight is 339 g/mol. The number of pyridine rings is 1. The molecule has 2 fully saturated rings. The van der Waals surface area contributed by atoms with Gasteiger partial charge in [-0.15, -0.1) is 0 Å². The number of benzene rings is 1. The molecule has 25 heavy (non-hydrogen) atoms. The van der Waals surface area contributed by atoms with Crippen LogP contribution in [0, 0.1) is 24.6 Å². The number of fused-ring (bicyclic) bond motifs is 1. The van der Waals surface area contributed by atoms with Crippen LogP contribution in [0.15, 0.2) is 42.7 Å². The summed E-state index contributed by atoms with van der Waals surface area (Å²) in [4.78, 5) is 20.8. The Bertz CT molecular complexity index is 809. The number of hydrogen-bond acceptors (Lipinski definition) is 3. The molecule has 2 aliphatic rings. The van der Waals surface area contributed by atoms with E-state index in [1.165, 1.54) is 23.4 Å². The Labute approximate surface area is 147 Å². The van der Waals surface area contributed by atoms with E-state index in [9.17, 15) is 9.18 Å². The van der Waals surface area contributed by atoms with E-state index in [2.05, 4.69) is 48.1 Å². The van der Waals surface area contributed by atoms with Gasteiger partial charge in [-0.1, -0.05) is 24.3 Å². The number of aromatic nitrogens is 1. The van der Waals surface area contributed by atoms with Gasteiger partial charge >= 0.3 is 0 Å². The number of likely N-dealkylation sites (tertiary alicyclic amines) is 2. The van der Waals surface area contributed by atoms with Crippen molar-refractivity contribution in [3.05, 3.63) is 65.2 Å². The Balaban J connectivity index is 1.57. The van der Waals surface area contributed by atoms with Crippen molar-refractivity contribution >= 4 is 5.91 Å². The lowest BCUT2D eigenvalue weighted by Gasteiger charge is -2.28. The lowest BCUT2D eigenvalue weighted by molar-refractivity contribution is 0.0767. The smallest absolute Gasteiger partial charge is 0.255 e. The number of halogens is 1. The fraction of sp³-hybridized carbons (Fsp3) is 0.400. The molecule has 3 heterocycles.